The van der Waals surface area contributed by atoms with E-state index in [4.69, 9.17) is 9.97 Å². The van der Waals surface area contributed by atoms with Crippen LogP contribution in [0.1, 0.15) is 0 Å². The molecule has 0 radical (unpaired) electrons. The average Bonchev–Trinajstić information content (AvgIpc) is 0.814. The molecular weight excluding hydrogens is 1070 g/mol. The van der Waals surface area contributed by atoms with Crippen LogP contribution >= 0.6 is 0 Å². The van der Waals surface area contributed by atoms with Gasteiger partial charge in [-0.3, -0.25) is 0 Å². The molecule has 13 aromatic carbocycles. The number of hydrogen-bond donors (Lipinski definition) is 0. The van der Waals surface area contributed by atoms with E-state index in [0.717, 1.165) is 50.3 Å². The Bertz CT molecular complexity index is 4200. The molecule has 0 amide bonds. The lowest BCUT2D eigenvalue weighted by Crippen LogP contribution is -2.78. The molecule has 0 fully saturated rings. The average molecular weight is 1130 g/mol. The molecule has 0 unspecified atom stereocenters. The summed E-state index contributed by atoms with van der Waals surface area (Å²) in [4.78, 5) is 11.4. The van der Waals surface area contributed by atoms with Gasteiger partial charge in [0.1, 0.15) is 0 Å². The molecule has 0 bridgehead atoms. The van der Waals surface area contributed by atoms with Gasteiger partial charge in [0.2, 0.25) is 0 Å². The van der Waals surface area contributed by atoms with Crippen molar-refractivity contribution in [1.82, 2.24) is 9.97 Å². The van der Waals surface area contributed by atoms with Crippen LogP contribution in [0.5, 0.6) is 0 Å². The van der Waals surface area contributed by atoms with Crippen LogP contribution < -0.4 is 41.5 Å². The van der Waals surface area contributed by atoms with E-state index in [1.165, 1.54) is 63.7 Å². The highest BCUT2D eigenvalue weighted by molar-refractivity contribution is 7.22. The summed E-state index contributed by atoms with van der Waals surface area (Å²) in [6.45, 7) is 0. The molecule has 86 heavy (non-hydrogen) atoms. The first kappa shape index (κ1) is 53.4. The molecule has 0 spiro atoms. The van der Waals surface area contributed by atoms with Crippen LogP contribution in [0.3, 0.4) is 0 Å². The highest BCUT2D eigenvalue weighted by Crippen LogP contribution is 2.33. The van der Waals surface area contributed by atoms with Gasteiger partial charge in [0.25, 0.3) is 0 Å². The Morgan fingerprint density at radius 3 is 0.767 bits per heavy atom. The Hall–Kier alpha value is -10.6. The van der Waals surface area contributed by atoms with Gasteiger partial charge in [-0.05, 0) is 104 Å². The highest BCUT2D eigenvalue weighted by Gasteiger charge is 2.46. The summed E-state index contributed by atoms with van der Waals surface area (Å²) in [5, 5.41) is 10.3. The second-order valence-electron chi connectivity index (χ2n) is 22.0. The highest BCUT2D eigenvalue weighted by atomic mass is 28.3. The Morgan fingerprint density at radius 1 is 0.151 bits per heavy atom. The summed E-state index contributed by atoms with van der Waals surface area (Å²) in [7, 11) is -6.64. The third-order valence-electron chi connectivity index (χ3n) is 17.0. The molecule has 1 aromatic heterocycles. The fourth-order valence-corrected chi connectivity index (χ4v) is 22.6. The SMILES string of the molecule is c1ccc(-c2ccc([Si](c3ccccc3)(c3ccccc3)c3cc(-c4cc(-c5cccc(-c6ccccc6)c5)nc(-c5cccc(-c6ccccc6)c5)n4)cc([Si](c4ccccc4)(c4ccccc4)c4ccc(-c5ccccc5)cc4)c3)cc2)cc1. The van der Waals surface area contributed by atoms with Crippen molar-refractivity contribution in [2.45, 2.75) is 0 Å². The van der Waals surface area contributed by atoms with Gasteiger partial charge in [-0.1, -0.05) is 346 Å². The minimum atomic E-state index is -3.32. The minimum absolute atomic E-state index is 0.657. The Balaban J connectivity index is 1.11. The number of rotatable bonds is 15. The molecule has 0 aliphatic carbocycles. The largest absolute Gasteiger partial charge is 0.228 e. The summed E-state index contributed by atoms with van der Waals surface area (Å²) < 4.78 is 0. The van der Waals surface area contributed by atoms with Gasteiger partial charge >= 0.3 is 0 Å². The molecular formula is C82H60N2Si2. The van der Waals surface area contributed by atoms with Crippen LogP contribution in [0.15, 0.2) is 364 Å². The fourth-order valence-electron chi connectivity index (χ4n) is 12.9. The van der Waals surface area contributed by atoms with Crippen LogP contribution in [0.25, 0.3) is 78.4 Å². The van der Waals surface area contributed by atoms with Crippen molar-refractivity contribution in [3.05, 3.63) is 364 Å². The number of hydrogen-bond acceptors (Lipinski definition) is 2. The molecule has 2 nitrogen and oxygen atoms in total. The first-order chi connectivity index (χ1) is 42.6. The van der Waals surface area contributed by atoms with Gasteiger partial charge < -0.3 is 0 Å². The van der Waals surface area contributed by atoms with Crippen molar-refractivity contribution in [3.63, 3.8) is 0 Å². The summed E-state index contributed by atoms with van der Waals surface area (Å²) >= 11 is 0. The molecule has 1 heterocycles. The number of nitrogens with zero attached hydrogens (tertiary/aromatic N) is 2. The van der Waals surface area contributed by atoms with Crippen molar-refractivity contribution in [1.29, 1.82) is 0 Å². The van der Waals surface area contributed by atoms with Gasteiger partial charge in [0.15, 0.2) is 22.0 Å². The summed E-state index contributed by atoms with van der Waals surface area (Å²) in [5.74, 6) is 0.657. The van der Waals surface area contributed by atoms with Crippen molar-refractivity contribution in [2.75, 3.05) is 0 Å². The van der Waals surface area contributed by atoms with Crippen molar-refractivity contribution >= 4 is 57.6 Å². The van der Waals surface area contributed by atoms with Gasteiger partial charge in [-0.2, -0.15) is 0 Å². The second kappa shape index (κ2) is 23.9. The lowest BCUT2D eigenvalue weighted by Gasteiger charge is -2.38. The van der Waals surface area contributed by atoms with E-state index in [9.17, 15) is 0 Å². The molecule has 4 heteroatoms. The molecule has 0 aliphatic heterocycles. The number of aromatic nitrogens is 2. The van der Waals surface area contributed by atoms with Gasteiger partial charge in [-0.15, -0.1) is 0 Å². The van der Waals surface area contributed by atoms with E-state index in [2.05, 4.69) is 364 Å². The molecule has 14 rings (SSSR count). The third kappa shape index (κ3) is 10.3. The van der Waals surface area contributed by atoms with Crippen molar-refractivity contribution in [3.8, 4) is 78.4 Å². The molecule has 0 aliphatic rings. The van der Waals surface area contributed by atoms with E-state index in [1.807, 2.05) is 0 Å². The normalized spacial score (nSPS) is 11.5. The maximum absolute atomic E-state index is 5.81. The third-order valence-corrected chi connectivity index (χ3v) is 26.5. The van der Waals surface area contributed by atoms with E-state index in [0.29, 0.717) is 5.82 Å². The smallest absolute Gasteiger partial charge is 0.179 e. The van der Waals surface area contributed by atoms with Crippen LogP contribution in [0, 0.1) is 0 Å². The van der Waals surface area contributed by atoms with Gasteiger partial charge in [0.05, 0.1) is 11.4 Å². The first-order valence-corrected chi connectivity index (χ1v) is 33.5. The van der Waals surface area contributed by atoms with Crippen LogP contribution in [-0.4, -0.2) is 26.1 Å². The lowest BCUT2D eigenvalue weighted by molar-refractivity contribution is 1.18. The zero-order valence-corrected chi connectivity index (χ0v) is 49.5. The molecule has 0 saturated heterocycles. The zero-order valence-electron chi connectivity index (χ0n) is 47.5. The second-order valence-corrected chi connectivity index (χ2v) is 29.6. The molecule has 0 N–H and O–H groups in total. The predicted octanol–water partition coefficient (Wildman–Crippen LogP) is 14.9. The summed E-state index contributed by atoms with van der Waals surface area (Å²) in [6.07, 6.45) is 0. The number of benzene rings is 13. The molecule has 406 valence electrons. The van der Waals surface area contributed by atoms with Crippen LogP contribution in [0.4, 0.5) is 0 Å². The van der Waals surface area contributed by atoms with Crippen LogP contribution in [0.2, 0.25) is 0 Å². The quantitative estimate of drug-likeness (QED) is 0.0755. The van der Waals surface area contributed by atoms with E-state index in [1.54, 1.807) is 0 Å². The van der Waals surface area contributed by atoms with E-state index in [-0.39, 0.29) is 0 Å². The molecule has 14 aromatic rings. The molecule has 0 atom stereocenters. The first-order valence-electron chi connectivity index (χ1n) is 29.5. The molecule has 0 saturated carbocycles. The lowest BCUT2D eigenvalue weighted by atomic mass is 10.00. The van der Waals surface area contributed by atoms with E-state index >= 15 is 0 Å². The standard InChI is InChI=1S/C82H60N2Si2/c1-9-27-61(28-10-1)65-47-51-76(52-48-65)85(72-39-17-5-18-40-72,73-41-19-6-20-42-73)78-57-71(58-79(59-78)86(74-43-21-7-22-44-74,75-45-23-8-24-46-75)77-53-49-66(50-54-77)62-29-11-2-12-30-62)81-60-80(69-37-25-35-67(55-69)63-31-13-3-14-32-63)83-82(84-81)70-38-26-36-68(56-70)64-33-15-4-16-34-64/h1-60H. The minimum Gasteiger partial charge on any atom is -0.228 e. The van der Waals surface area contributed by atoms with Crippen molar-refractivity contribution < 1.29 is 0 Å². The Labute approximate surface area is 506 Å². The van der Waals surface area contributed by atoms with Gasteiger partial charge in [-0.25, -0.2) is 9.97 Å². The summed E-state index contributed by atoms with van der Waals surface area (Å²) in [6, 6.07) is 134. The Morgan fingerprint density at radius 2 is 0.407 bits per heavy atom. The zero-order chi connectivity index (χ0) is 57.5. The maximum atomic E-state index is 5.81. The van der Waals surface area contributed by atoms with E-state index < -0.39 is 16.1 Å². The van der Waals surface area contributed by atoms with Crippen LogP contribution in [-0.2, 0) is 0 Å². The Kier molecular flexibility index (Phi) is 14.8. The van der Waals surface area contributed by atoms with Crippen molar-refractivity contribution in [2.24, 2.45) is 0 Å². The van der Waals surface area contributed by atoms with Gasteiger partial charge in [0, 0.05) is 16.7 Å². The predicted molar refractivity (Wildman–Crippen MR) is 367 cm³/mol. The topological polar surface area (TPSA) is 25.8 Å². The maximum Gasteiger partial charge on any atom is 0.179 e. The monoisotopic (exact) mass is 1130 g/mol. The summed E-state index contributed by atoms with van der Waals surface area (Å²) in [5.41, 5.74) is 13.9. The fraction of sp³-hybridized carbons (Fsp3) is 0.